The Morgan fingerprint density at radius 3 is 2.62 bits per heavy atom. The average molecular weight is 349 g/mol. The fourth-order valence-electron chi connectivity index (χ4n) is 3.45. The van der Waals surface area contributed by atoms with Gasteiger partial charge in [-0.3, -0.25) is 4.90 Å². The Hall–Kier alpha value is -2.73. The van der Waals surface area contributed by atoms with Crippen LogP contribution in [0.2, 0.25) is 0 Å². The SMILES string of the molecule is COc1ccccc1CN1CCN(c2ncnc3ccc(C)nc23)CC1. The summed E-state index contributed by atoms with van der Waals surface area (Å²) in [5, 5.41) is 0. The van der Waals surface area contributed by atoms with Gasteiger partial charge in [-0.05, 0) is 25.1 Å². The summed E-state index contributed by atoms with van der Waals surface area (Å²) in [4.78, 5) is 18.3. The molecule has 0 bridgehead atoms. The van der Waals surface area contributed by atoms with E-state index in [4.69, 9.17) is 4.74 Å². The van der Waals surface area contributed by atoms with Crippen LogP contribution in [0.4, 0.5) is 5.82 Å². The fourth-order valence-corrected chi connectivity index (χ4v) is 3.45. The summed E-state index contributed by atoms with van der Waals surface area (Å²) in [5.74, 6) is 1.90. The van der Waals surface area contributed by atoms with Crippen LogP contribution in [0.5, 0.6) is 5.75 Å². The zero-order chi connectivity index (χ0) is 17.9. The van der Waals surface area contributed by atoms with Gasteiger partial charge in [0.15, 0.2) is 5.82 Å². The van der Waals surface area contributed by atoms with Gasteiger partial charge >= 0.3 is 0 Å². The average Bonchev–Trinajstić information content (AvgIpc) is 2.68. The Morgan fingerprint density at radius 2 is 1.81 bits per heavy atom. The number of aromatic nitrogens is 3. The van der Waals surface area contributed by atoms with Crippen LogP contribution in [0.3, 0.4) is 0 Å². The van der Waals surface area contributed by atoms with Gasteiger partial charge in [0.1, 0.15) is 17.6 Å². The van der Waals surface area contributed by atoms with Crippen molar-refractivity contribution in [3.05, 3.63) is 54.0 Å². The number of nitrogens with zero attached hydrogens (tertiary/aromatic N) is 5. The van der Waals surface area contributed by atoms with E-state index in [1.54, 1.807) is 13.4 Å². The molecular formula is C20H23N5O. The molecule has 2 aromatic heterocycles. The van der Waals surface area contributed by atoms with E-state index in [0.29, 0.717) is 0 Å². The van der Waals surface area contributed by atoms with E-state index in [-0.39, 0.29) is 0 Å². The van der Waals surface area contributed by atoms with Gasteiger partial charge in [-0.2, -0.15) is 0 Å². The van der Waals surface area contributed by atoms with Crippen molar-refractivity contribution in [2.45, 2.75) is 13.5 Å². The second-order valence-electron chi connectivity index (χ2n) is 6.59. The molecule has 0 aliphatic carbocycles. The molecule has 1 aliphatic rings. The van der Waals surface area contributed by atoms with Gasteiger partial charge in [0, 0.05) is 44.0 Å². The minimum atomic E-state index is 0.894. The molecule has 0 unspecified atom stereocenters. The molecule has 1 aromatic carbocycles. The second kappa shape index (κ2) is 7.25. The molecule has 3 aromatic rings. The van der Waals surface area contributed by atoms with Crippen LogP contribution in [0, 0.1) is 6.92 Å². The molecule has 0 amide bonds. The highest BCUT2D eigenvalue weighted by atomic mass is 16.5. The van der Waals surface area contributed by atoms with Crippen LogP contribution >= 0.6 is 0 Å². The number of ether oxygens (including phenoxy) is 1. The van der Waals surface area contributed by atoms with E-state index in [1.807, 2.05) is 31.2 Å². The molecule has 1 saturated heterocycles. The first kappa shape index (κ1) is 16.7. The minimum absolute atomic E-state index is 0.894. The predicted molar refractivity (Wildman–Crippen MR) is 103 cm³/mol. The molecule has 26 heavy (non-hydrogen) atoms. The van der Waals surface area contributed by atoms with Gasteiger partial charge in [0.25, 0.3) is 0 Å². The van der Waals surface area contributed by atoms with Gasteiger partial charge < -0.3 is 9.64 Å². The number of methoxy groups -OCH3 is 1. The molecule has 0 spiro atoms. The number of piperazine rings is 1. The van der Waals surface area contributed by atoms with Gasteiger partial charge in [-0.25, -0.2) is 15.0 Å². The van der Waals surface area contributed by atoms with Crippen molar-refractivity contribution >= 4 is 16.9 Å². The number of hydrogen-bond donors (Lipinski definition) is 0. The van der Waals surface area contributed by atoms with Crippen LogP contribution in [-0.4, -0.2) is 53.1 Å². The largest absolute Gasteiger partial charge is 0.496 e. The topological polar surface area (TPSA) is 54.4 Å². The molecule has 134 valence electrons. The molecule has 0 atom stereocenters. The number of aryl methyl sites for hydroxylation is 1. The zero-order valence-corrected chi connectivity index (χ0v) is 15.2. The highest BCUT2D eigenvalue weighted by Crippen LogP contribution is 2.24. The summed E-state index contributed by atoms with van der Waals surface area (Å²) in [6.07, 6.45) is 1.63. The van der Waals surface area contributed by atoms with Crippen molar-refractivity contribution < 1.29 is 4.74 Å². The summed E-state index contributed by atoms with van der Waals surface area (Å²) in [5.41, 5.74) is 4.01. The van der Waals surface area contributed by atoms with Gasteiger partial charge in [-0.1, -0.05) is 18.2 Å². The first-order chi connectivity index (χ1) is 12.7. The number of pyridine rings is 1. The fraction of sp³-hybridized carbons (Fsp3) is 0.350. The number of fused-ring (bicyclic) bond motifs is 1. The summed E-state index contributed by atoms with van der Waals surface area (Å²) in [7, 11) is 1.73. The quantitative estimate of drug-likeness (QED) is 0.722. The Labute approximate surface area is 153 Å². The van der Waals surface area contributed by atoms with E-state index >= 15 is 0 Å². The van der Waals surface area contributed by atoms with Crippen molar-refractivity contribution in [3.8, 4) is 5.75 Å². The molecule has 1 aliphatic heterocycles. The normalized spacial score (nSPS) is 15.4. The molecule has 1 fully saturated rings. The van der Waals surface area contributed by atoms with E-state index in [2.05, 4.69) is 36.9 Å². The van der Waals surface area contributed by atoms with Crippen molar-refractivity contribution in [1.29, 1.82) is 0 Å². The van der Waals surface area contributed by atoms with Crippen molar-refractivity contribution in [1.82, 2.24) is 19.9 Å². The number of hydrogen-bond acceptors (Lipinski definition) is 6. The number of para-hydroxylation sites is 1. The van der Waals surface area contributed by atoms with Crippen LogP contribution in [0.15, 0.2) is 42.7 Å². The standard InChI is InChI=1S/C20H23N5O/c1-15-7-8-17-19(23-15)20(22-14-21-17)25-11-9-24(10-12-25)13-16-5-3-4-6-18(16)26-2/h3-8,14H,9-13H2,1-2H3. The lowest BCUT2D eigenvalue weighted by Crippen LogP contribution is -2.46. The van der Waals surface area contributed by atoms with Crippen LogP contribution < -0.4 is 9.64 Å². The third-order valence-electron chi connectivity index (χ3n) is 4.86. The molecular weight excluding hydrogens is 326 g/mol. The maximum absolute atomic E-state index is 5.47. The maximum atomic E-state index is 5.47. The van der Waals surface area contributed by atoms with E-state index in [9.17, 15) is 0 Å². The molecule has 0 saturated carbocycles. The first-order valence-corrected chi connectivity index (χ1v) is 8.92. The molecule has 0 N–H and O–H groups in total. The lowest BCUT2D eigenvalue weighted by Gasteiger charge is -2.35. The van der Waals surface area contributed by atoms with E-state index in [1.165, 1.54) is 5.56 Å². The lowest BCUT2D eigenvalue weighted by molar-refractivity contribution is 0.245. The summed E-state index contributed by atoms with van der Waals surface area (Å²) in [6, 6.07) is 12.2. The zero-order valence-electron chi connectivity index (χ0n) is 15.2. The Bertz CT molecular complexity index is 906. The van der Waals surface area contributed by atoms with Crippen LogP contribution in [-0.2, 0) is 6.54 Å². The number of anilines is 1. The Balaban J connectivity index is 1.48. The lowest BCUT2D eigenvalue weighted by atomic mass is 10.1. The summed E-state index contributed by atoms with van der Waals surface area (Å²) in [6.45, 7) is 6.72. The number of benzene rings is 1. The Morgan fingerprint density at radius 1 is 1.00 bits per heavy atom. The third kappa shape index (κ3) is 3.32. The monoisotopic (exact) mass is 349 g/mol. The summed E-state index contributed by atoms with van der Waals surface area (Å²) < 4.78 is 5.47. The maximum Gasteiger partial charge on any atom is 0.158 e. The molecule has 3 heterocycles. The van der Waals surface area contributed by atoms with Crippen LogP contribution in [0.1, 0.15) is 11.3 Å². The highest BCUT2D eigenvalue weighted by Gasteiger charge is 2.21. The number of rotatable bonds is 4. The van der Waals surface area contributed by atoms with Gasteiger partial charge in [0.2, 0.25) is 0 Å². The molecule has 4 rings (SSSR count). The molecule has 0 radical (unpaired) electrons. The third-order valence-corrected chi connectivity index (χ3v) is 4.86. The highest BCUT2D eigenvalue weighted by molar-refractivity contribution is 5.85. The van der Waals surface area contributed by atoms with Crippen molar-refractivity contribution in [2.24, 2.45) is 0 Å². The Kier molecular flexibility index (Phi) is 4.67. The van der Waals surface area contributed by atoms with Gasteiger partial charge in [-0.15, -0.1) is 0 Å². The van der Waals surface area contributed by atoms with E-state index < -0.39 is 0 Å². The summed E-state index contributed by atoms with van der Waals surface area (Å²) >= 11 is 0. The predicted octanol–water partition coefficient (Wildman–Crippen LogP) is 2.66. The smallest absolute Gasteiger partial charge is 0.158 e. The van der Waals surface area contributed by atoms with Crippen LogP contribution in [0.25, 0.3) is 11.0 Å². The van der Waals surface area contributed by atoms with Gasteiger partial charge in [0.05, 0.1) is 12.6 Å². The van der Waals surface area contributed by atoms with Crippen molar-refractivity contribution in [3.63, 3.8) is 0 Å². The second-order valence-corrected chi connectivity index (χ2v) is 6.59. The van der Waals surface area contributed by atoms with E-state index in [0.717, 1.165) is 61.0 Å². The van der Waals surface area contributed by atoms with Crippen molar-refractivity contribution in [2.75, 3.05) is 38.2 Å². The molecule has 6 nitrogen and oxygen atoms in total. The minimum Gasteiger partial charge on any atom is -0.496 e. The molecule has 6 heteroatoms. The first-order valence-electron chi connectivity index (χ1n) is 8.92.